The molecular weight excluding hydrogens is 254 g/mol. The Morgan fingerprint density at radius 2 is 2.11 bits per heavy atom. The number of carbonyl (C=O) groups excluding carboxylic acids is 2. The molecule has 1 aliphatic heterocycles. The summed E-state index contributed by atoms with van der Waals surface area (Å²) in [6, 6.07) is 4.94. The molecule has 2 amide bonds. The van der Waals surface area contributed by atoms with Gasteiger partial charge in [0.25, 0.3) is 11.1 Å². The average Bonchev–Trinajstić information content (AvgIpc) is 2.60. The maximum absolute atomic E-state index is 11.7. The van der Waals surface area contributed by atoms with Crippen LogP contribution in [0.15, 0.2) is 23.1 Å². The van der Waals surface area contributed by atoms with Gasteiger partial charge in [-0.15, -0.1) is 0 Å². The van der Waals surface area contributed by atoms with E-state index in [2.05, 4.69) is 0 Å². The standard InChI is InChI=1S/C12H11NO4S/c1-13-11(15)9(18-12(13)16)6-7-4-3-5-8(17-2)10(7)14/h3-6,14H,1-2H3. The fourth-order valence-corrected chi connectivity index (χ4v) is 2.33. The Kier molecular flexibility index (Phi) is 3.29. The SMILES string of the molecule is COc1cccc(C=C2SC(=O)N(C)C2=O)c1O. The Morgan fingerprint density at radius 3 is 2.67 bits per heavy atom. The summed E-state index contributed by atoms with van der Waals surface area (Å²) < 4.78 is 4.97. The summed E-state index contributed by atoms with van der Waals surface area (Å²) in [7, 11) is 2.86. The van der Waals surface area contributed by atoms with Gasteiger partial charge >= 0.3 is 0 Å². The molecule has 18 heavy (non-hydrogen) atoms. The largest absolute Gasteiger partial charge is 0.504 e. The third kappa shape index (κ3) is 2.06. The smallest absolute Gasteiger partial charge is 0.293 e. The van der Waals surface area contributed by atoms with E-state index in [-0.39, 0.29) is 21.8 Å². The van der Waals surface area contributed by atoms with Gasteiger partial charge in [-0.2, -0.15) is 0 Å². The fourth-order valence-electron chi connectivity index (χ4n) is 1.51. The third-order valence-electron chi connectivity index (χ3n) is 2.52. The quantitative estimate of drug-likeness (QED) is 0.829. The number of aromatic hydroxyl groups is 1. The first kappa shape index (κ1) is 12.5. The fraction of sp³-hybridized carbons (Fsp3) is 0.167. The number of carbonyl (C=O) groups is 2. The van der Waals surface area contributed by atoms with Crippen molar-refractivity contribution in [2.45, 2.75) is 0 Å². The summed E-state index contributed by atoms with van der Waals surface area (Å²) in [5.74, 6) is -0.102. The number of ether oxygens (including phenoxy) is 1. The van der Waals surface area contributed by atoms with Crippen LogP contribution in [0.3, 0.4) is 0 Å². The molecule has 0 unspecified atom stereocenters. The molecule has 0 atom stereocenters. The molecule has 94 valence electrons. The zero-order valence-corrected chi connectivity index (χ0v) is 10.7. The number of methoxy groups -OCH3 is 1. The molecule has 0 spiro atoms. The van der Waals surface area contributed by atoms with E-state index in [4.69, 9.17) is 4.74 Å². The van der Waals surface area contributed by atoms with Crippen LogP contribution in [-0.4, -0.2) is 35.3 Å². The minimum Gasteiger partial charge on any atom is -0.504 e. The van der Waals surface area contributed by atoms with Gasteiger partial charge in [0.05, 0.1) is 12.0 Å². The van der Waals surface area contributed by atoms with Crippen molar-refractivity contribution in [1.82, 2.24) is 4.90 Å². The number of benzene rings is 1. The Hall–Kier alpha value is -1.95. The van der Waals surface area contributed by atoms with Crippen molar-refractivity contribution in [3.63, 3.8) is 0 Å². The van der Waals surface area contributed by atoms with Gasteiger partial charge in [-0.1, -0.05) is 12.1 Å². The van der Waals surface area contributed by atoms with E-state index in [1.54, 1.807) is 18.2 Å². The van der Waals surface area contributed by atoms with Crippen molar-refractivity contribution in [2.75, 3.05) is 14.2 Å². The number of phenols is 1. The number of thioether (sulfide) groups is 1. The van der Waals surface area contributed by atoms with E-state index >= 15 is 0 Å². The van der Waals surface area contributed by atoms with Gasteiger partial charge in [-0.05, 0) is 23.9 Å². The minimum atomic E-state index is -0.368. The molecule has 1 saturated heterocycles. The average molecular weight is 265 g/mol. The molecule has 1 N–H and O–H groups in total. The molecule has 5 nitrogen and oxygen atoms in total. The molecule has 0 aliphatic carbocycles. The summed E-state index contributed by atoms with van der Waals surface area (Å²) in [5, 5.41) is 9.55. The highest BCUT2D eigenvalue weighted by atomic mass is 32.2. The first-order chi connectivity index (χ1) is 8.54. The summed E-state index contributed by atoms with van der Waals surface area (Å²) in [4.78, 5) is 24.3. The number of hydrogen-bond donors (Lipinski definition) is 1. The van der Waals surface area contributed by atoms with Gasteiger partial charge in [0.2, 0.25) is 0 Å². The van der Waals surface area contributed by atoms with Crippen LogP contribution in [0.25, 0.3) is 6.08 Å². The van der Waals surface area contributed by atoms with Crippen LogP contribution in [0.2, 0.25) is 0 Å². The van der Waals surface area contributed by atoms with Crippen LogP contribution in [-0.2, 0) is 4.79 Å². The number of rotatable bonds is 2. The lowest BCUT2D eigenvalue weighted by Gasteiger charge is -2.05. The molecule has 0 radical (unpaired) electrons. The van der Waals surface area contributed by atoms with Crippen LogP contribution in [0.1, 0.15) is 5.56 Å². The van der Waals surface area contributed by atoms with Crippen molar-refractivity contribution < 1.29 is 19.4 Å². The van der Waals surface area contributed by atoms with Crippen molar-refractivity contribution in [1.29, 1.82) is 0 Å². The number of nitrogens with zero attached hydrogens (tertiary/aromatic N) is 1. The molecule has 1 aromatic carbocycles. The highest BCUT2D eigenvalue weighted by molar-refractivity contribution is 8.18. The van der Waals surface area contributed by atoms with Crippen molar-refractivity contribution in [3.8, 4) is 11.5 Å². The number of imide groups is 1. The lowest BCUT2D eigenvalue weighted by molar-refractivity contribution is -0.121. The molecule has 1 heterocycles. The van der Waals surface area contributed by atoms with Crippen molar-refractivity contribution in [2.24, 2.45) is 0 Å². The van der Waals surface area contributed by atoms with E-state index in [1.807, 2.05) is 0 Å². The highest BCUT2D eigenvalue weighted by Crippen LogP contribution is 2.35. The molecule has 0 bridgehead atoms. The molecule has 1 aliphatic rings. The van der Waals surface area contributed by atoms with E-state index < -0.39 is 0 Å². The van der Waals surface area contributed by atoms with Crippen LogP contribution in [0.5, 0.6) is 11.5 Å². The van der Waals surface area contributed by atoms with Gasteiger partial charge in [-0.3, -0.25) is 14.5 Å². The third-order valence-corrected chi connectivity index (χ3v) is 3.48. The second-order valence-electron chi connectivity index (χ2n) is 3.64. The Morgan fingerprint density at radius 1 is 1.39 bits per heavy atom. The van der Waals surface area contributed by atoms with E-state index in [1.165, 1.54) is 20.2 Å². The van der Waals surface area contributed by atoms with Crippen LogP contribution >= 0.6 is 11.8 Å². The Labute approximate surface area is 108 Å². The lowest BCUT2D eigenvalue weighted by atomic mass is 10.1. The lowest BCUT2D eigenvalue weighted by Crippen LogP contribution is -2.22. The summed E-state index contributed by atoms with van der Waals surface area (Å²) in [5.41, 5.74) is 0.438. The number of hydrogen-bond acceptors (Lipinski definition) is 5. The highest BCUT2D eigenvalue weighted by Gasteiger charge is 2.32. The first-order valence-electron chi connectivity index (χ1n) is 5.12. The number of amides is 2. The Bertz CT molecular complexity index is 553. The molecule has 2 rings (SSSR count). The monoisotopic (exact) mass is 265 g/mol. The van der Waals surface area contributed by atoms with E-state index in [0.29, 0.717) is 11.3 Å². The predicted molar refractivity (Wildman–Crippen MR) is 68.4 cm³/mol. The predicted octanol–water partition coefficient (Wildman–Crippen LogP) is 2.07. The zero-order chi connectivity index (χ0) is 13.3. The van der Waals surface area contributed by atoms with Gasteiger partial charge in [0.15, 0.2) is 11.5 Å². The maximum atomic E-state index is 11.7. The number of phenolic OH excluding ortho intramolecular Hbond substituents is 1. The minimum absolute atomic E-state index is 0.0529. The van der Waals surface area contributed by atoms with Crippen LogP contribution < -0.4 is 4.74 Å². The Balaban J connectivity index is 2.40. The topological polar surface area (TPSA) is 66.8 Å². The van der Waals surface area contributed by atoms with Crippen molar-refractivity contribution in [3.05, 3.63) is 28.7 Å². The van der Waals surface area contributed by atoms with Crippen LogP contribution in [0.4, 0.5) is 4.79 Å². The number of para-hydroxylation sites is 1. The molecular formula is C12H11NO4S. The van der Waals surface area contributed by atoms with E-state index in [0.717, 1.165) is 16.7 Å². The summed E-state index contributed by atoms with van der Waals surface area (Å²) in [6.45, 7) is 0. The second-order valence-corrected chi connectivity index (χ2v) is 4.63. The first-order valence-corrected chi connectivity index (χ1v) is 5.93. The number of likely N-dealkylation sites (N-methyl/N-ethyl adjacent to an activating group) is 1. The van der Waals surface area contributed by atoms with Crippen LogP contribution in [0, 0.1) is 0 Å². The van der Waals surface area contributed by atoms with E-state index in [9.17, 15) is 14.7 Å². The zero-order valence-electron chi connectivity index (χ0n) is 9.84. The second kappa shape index (κ2) is 4.73. The van der Waals surface area contributed by atoms with Gasteiger partial charge in [0, 0.05) is 12.6 Å². The summed E-state index contributed by atoms with van der Waals surface area (Å²) >= 11 is 0.845. The molecule has 0 saturated carbocycles. The molecule has 1 fully saturated rings. The van der Waals surface area contributed by atoms with Gasteiger partial charge in [0.1, 0.15) is 0 Å². The summed E-state index contributed by atoms with van der Waals surface area (Å²) in [6.07, 6.45) is 1.48. The van der Waals surface area contributed by atoms with Crippen molar-refractivity contribution >= 4 is 29.0 Å². The molecule has 0 aromatic heterocycles. The molecule has 6 heteroatoms. The van der Waals surface area contributed by atoms with Gasteiger partial charge in [-0.25, -0.2) is 0 Å². The maximum Gasteiger partial charge on any atom is 0.293 e. The van der Waals surface area contributed by atoms with Gasteiger partial charge < -0.3 is 9.84 Å². The molecule has 1 aromatic rings. The normalized spacial score (nSPS) is 17.7.